The minimum atomic E-state index is -0.402. The fourth-order valence-corrected chi connectivity index (χ4v) is 3.59. The van der Waals surface area contributed by atoms with Crippen LogP contribution in [0.5, 0.6) is 0 Å². The number of carbonyl (C=O) groups excluding carboxylic acids is 2. The lowest BCUT2D eigenvalue weighted by molar-refractivity contribution is -0.126. The van der Waals surface area contributed by atoms with Crippen molar-refractivity contribution in [3.05, 3.63) is 29.3 Å². The second kappa shape index (κ2) is 7.99. The monoisotopic (exact) mass is 349 g/mol. The maximum atomic E-state index is 12.5. The number of nitrogens with zero attached hydrogens (tertiary/aromatic N) is 1. The molecule has 5 nitrogen and oxygen atoms in total. The molecule has 2 aliphatic rings. The maximum absolute atomic E-state index is 12.5. The molecule has 0 aromatic heterocycles. The molecule has 3 rings (SSSR count). The molecule has 1 unspecified atom stereocenters. The fourth-order valence-electron chi connectivity index (χ4n) is 3.46. The highest BCUT2D eigenvalue weighted by molar-refractivity contribution is 6.30. The number of benzene rings is 1. The van der Waals surface area contributed by atoms with Gasteiger partial charge in [-0.25, -0.2) is 0 Å². The molecule has 0 saturated carbocycles. The van der Waals surface area contributed by atoms with Crippen LogP contribution in [-0.2, 0) is 9.59 Å². The van der Waals surface area contributed by atoms with Crippen molar-refractivity contribution in [3.8, 4) is 0 Å². The van der Waals surface area contributed by atoms with Crippen molar-refractivity contribution in [1.29, 1.82) is 0 Å². The molecule has 0 aliphatic carbocycles. The molecule has 1 aromatic carbocycles. The van der Waals surface area contributed by atoms with E-state index in [0.717, 1.165) is 38.0 Å². The third-order valence-electron chi connectivity index (χ3n) is 4.92. The first-order valence-corrected chi connectivity index (χ1v) is 9.08. The number of carbonyl (C=O) groups is 2. The Labute approximate surface area is 147 Å². The number of hydrogen-bond donors (Lipinski definition) is 2. The van der Waals surface area contributed by atoms with Crippen LogP contribution in [0.25, 0.3) is 0 Å². The molecule has 130 valence electrons. The van der Waals surface area contributed by atoms with Crippen LogP contribution in [0.1, 0.15) is 32.1 Å². The molecule has 2 fully saturated rings. The van der Waals surface area contributed by atoms with E-state index >= 15 is 0 Å². The smallest absolute Gasteiger partial charge is 0.249 e. The van der Waals surface area contributed by atoms with Crippen LogP contribution >= 0.6 is 11.6 Å². The SMILES string of the molecule is O=C(CCC1CCNCC1)NC1CCN(c2ccc(Cl)cc2)C1=O. The van der Waals surface area contributed by atoms with Gasteiger partial charge in [0.25, 0.3) is 0 Å². The molecule has 2 amide bonds. The van der Waals surface area contributed by atoms with E-state index in [0.29, 0.717) is 30.3 Å². The second-order valence-corrected chi connectivity index (χ2v) is 7.04. The molecule has 2 heterocycles. The van der Waals surface area contributed by atoms with Crippen LogP contribution in [0.4, 0.5) is 5.69 Å². The third kappa shape index (κ3) is 4.28. The standard InChI is InChI=1S/C18H24ClN3O2/c19-14-2-4-15(5-3-14)22-12-9-16(18(22)24)21-17(23)6-1-13-7-10-20-11-8-13/h2-5,13,16,20H,1,6-12H2,(H,21,23). The van der Waals surface area contributed by atoms with Crippen LogP contribution in [0.15, 0.2) is 24.3 Å². The third-order valence-corrected chi connectivity index (χ3v) is 5.17. The van der Waals surface area contributed by atoms with Gasteiger partial charge >= 0.3 is 0 Å². The van der Waals surface area contributed by atoms with Crippen molar-refractivity contribution in [3.63, 3.8) is 0 Å². The van der Waals surface area contributed by atoms with Crippen LogP contribution in [0, 0.1) is 5.92 Å². The summed E-state index contributed by atoms with van der Waals surface area (Å²) in [4.78, 5) is 26.4. The van der Waals surface area contributed by atoms with Crippen molar-refractivity contribution >= 4 is 29.1 Å². The topological polar surface area (TPSA) is 61.4 Å². The van der Waals surface area contributed by atoms with E-state index in [9.17, 15) is 9.59 Å². The molecule has 2 saturated heterocycles. The summed E-state index contributed by atoms with van der Waals surface area (Å²) < 4.78 is 0. The molecule has 0 spiro atoms. The Balaban J connectivity index is 1.48. The number of hydrogen-bond acceptors (Lipinski definition) is 3. The van der Waals surface area contributed by atoms with Crippen LogP contribution in [0.3, 0.4) is 0 Å². The molecule has 6 heteroatoms. The van der Waals surface area contributed by atoms with Crippen LogP contribution in [0.2, 0.25) is 5.02 Å². The zero-order valence-corrected chi connectivity index (χ0v) is 14.5. The van der Waals surface area contributed by atoms with Crippen molar-refractivity contribution in [2.45, 2.75) is 38.1 Å². The Morgan fingerprint density at radius 1 is 1.21 bits per heavy atom. The molecule has 2 N–H and O–H groups in total. The average molecular weight is 350 g/mol. The summed E-state index contributed by atoms with van der Waals surface area (Å²) in [5, 5.41) is 6.89. The highest BCUT2D eigenvalue weighted by Gasteiger charge is 2.33. The summed E-state index contributed by atoms with van der Waals surface area (Å²) in [5.74, 6) is 0.583. The summed E-state index contributed by atoms with van der Waals surface area (Å²) in [6, 6.07) is 6.81. The highest BCUT2D eigenvalue weighted by Crippen LogP contribution is 2.24. The summed E-state index contributed by atoms with van der Waals surface area (Å²) in [5.41, 5.74) is 0.829. The first-order chi connectivity index (χ1) is 11.6. The molecular weight excluding hydrogens is 326 g/mol. The summed E-state index contributed by atoms with van der Waals surface area (Å²) in [6.45, 7) is 2.71. The van der Waals surface area contributed by atoms with Crippen molar-refractivity contribution in [1.82, 2.24) is 10.6 Å². The number of amides is 2. The van der Waals surface area contributed by atoms with Gasteiger partial charge in [-0.2, -0.15) is 0 Å². The van der Waals surface area contributed by atoms with Gasteiger partial charge in [0.2, 0.25) is 11.8 Å². The predicted octanol–water partition coefficient (Wildman–Crippen LogP) is 2.34. The minimum Gasteiger partial charge on any atom is -0.344 e. The number of nitrogens with one attached hydrogen (secondary N) is 2. The van der Waals surface area contributed by atoms with E-state index in [1.165, 1.54) is 0 Å². The van der Waals surface area contributed by atoms with Crippen molar-refractivity contribution in [2.24, 2.45) is 5.92 Å². The average Bonchev–Trinajstić information content (AvgIpc) is 2.95. The zero-order chi connectivity index (χ0) is 16.9. The lowest BCUT2D eigenvalue weighted by Gasteiger charge is -2.22. The Morgan fingerprint density at radius 3 is 2.62 bits per heavy atom. The number of anilines is 1. The Morgan fingerprint density at radius 2 is 1.92 bits per heavy atom. The fraction of sp³-hybridized carbons (Fsp3) is 0.556. The van der Waals surface area contributed by atoms with E-state index < -0.39 is 6.04 Å². The van der Waals surface area contributed by atoms with Gasteiger partial charge in [0, 0.05) is 23.7 Å². The van der Waals surface area contributed by atoms with Gasteiger partial charge < -0.3 is 15.5 Å². The van der Waals surface area contributed by atoms with Crippen molar-refractivity contribution in [2.75, 3.05) is 24.5 Å². The minimum absolute atomic E-state index is 0.00941. The first-order valence-electron chi connectivity index (χ1n) is 8.70. The maximum Gasteiger partial charge on any atom is 0.249 e. The van der Waals surface area contributed by atoms with Gasteiger partial charge in [-0.15, -0.1) is 0 Å². The number of piperidine rings is 1. The van der Waals surface area contributed by atoms with E-state index in [1.54, 1.807) is 17.0 Å². The van der Waals surface area contributed by atoms with Gasteiger partial charge in [0.05, 0.1) is 0 Å². The summed E-state index contributed by atoms with van der Waals surface area (Å²) >= 11 is 5.89. The van der Waals surface area contributed by atoms with E-state index in [-0.39, 0.29) is 11.8 Å². The van der Waals surface area contributed by atoms with E-state index in [2.05, 4.69) is 10.6 Å². The van der Waals surface area contributed by atoms with Gasteiger partial charge in [-0.3, -0.25) is 9.59 Å². The second-order valence-electron chi connectivity index (χ2n) is 6.61. The summed E-state index contributed by atoms with van der Waals surface area (Å²) in [7, 11) is 0. The molecule has 1 aromatic rings. The van der Waals surface area contributed by atoms with Crippen LogP contribution in [-0.4, -0.2) is 37.5 Å². The Bertz CT molecular complexity index is 584. The highest BCUT2D eigenvalue weighted by atomic mass is 35.5. The predicted molar refractivity (Wildman–Crippen MR) is 95.2 cm³/mol. The molecule has 1 atom stereocenters. The Kier molecular flexibility index (Phi) is 5.74. The van der Waals surface area contributed by atoms with E-state index in [4.69, 9.17) is 11.6 Å². The van der Waals surface area contributed by atoms with Gasteiger partial charge in [0.15, 0.2) is 0 Å². The van der Waals surface area contributed by atoms with Crippen LogP contribution < -0.4 is 15.5 Å². The normalized spacial score (nSPS) is 22.0. The zero-order valence-electron chi connectivity index (χ0n) is 13.8. The Hall–Kier alpha value is -1.59. The largest absolute Gasteiger partial charge is 0.344 e. The quantitative estimate of drug-likeness (QED) is 0.857. The molecule has 24 heavy (non-hydrogen) atoms. The number of rotatable bonds is 5. The molecule has 2 aliphatic heterocycles. The lowest BCUT2D eigenvalue weighted by Crippen LogP contribution is -2.41. The van der Waals surface area contributed by atoms with Gasteiger partial charge in [-0.1, -0.05) is 11.6 Å². The lowest BCUT2D eigenvalue weighted by atomic mass is 9.93. The summed E-state index contributed by atoms with van der Waals surface area (Å²) in [6.07, 6.45) is 4.35. The van der Waals surface area contributed by atoms with E-state index in [1.807, 2.05) is 12.1 Å². The van der Waals surface area contributed by atoms with Crippen molar-refractivity contribution < 1.29 is 9.59 Å². The molecular formula is C18H24ClN3O2. The molecule has 0 radical (unpaired) electrons. The van der Waals surface area contributed by atoms with Gasteiger partial charge in [-0.05, 0) is 69.0 Å². The first kappa shape index (κ1) is 17.2. The molecule has 0 bridgehead atoms. The number of halogens is 1. The van der Waals surface area contributed by atoms with Gasteiger partial charge in [0.1, 0.15) is 6.04 Å².